The zero-order chi connectivity index (χ0) is 11.0. The zero-order valence-corrected chi connectivity index (χ0v) is 11.2. The van der Waals surface area contributed by atoms with Crippen LogP contribution in [-0.4, -0.2) is 13.1 Å². The number of halogens is 2. The van der Waals surface area contributed by atoms with Gasteiger partial charge in [0.15, 0.2) is 0 Å². The van der Waals surface area contributed by atoms with Crippen molar-refractivity contribution in [1.29, 1.82) is 0 Å². The lowest BCUT2D eigenvalue weighted by atomic mass is 9.65. The van der Waals surface area contributed by atoms with E-state index < -0.39 is 0 Å². The first kappa shape index (κ1) is 11.7. The van der Waals surface area contributed by atoms with Crippen molar-refractivity contribution in [1.82, 2.24) is 5.32 Å². The van der Waals surface area contributed by atoms with Crippen molar-refractivity contribution < 1.29 is 0 Å². The Labute approximate surface area is 105 Å². The van der Waals surface area contributed by atoms with Crippen LogP contribution in [0.25, 0.3) is 0 Å². The largest absolute Gasteiger partial charge is 0.317 e. The maximum absolute atomic E-state index is 6.18. The van der Waals surface area contributed by atoms with Gasteiger partial charge in [0.25, 0.3) is 0 Å². The van der Waals surface area contributed by atoms with Crippen LogP contribution < -0.4 is 5.32 Å². The van der Waals surface area contributed by atoms with Crippen molar-refractivity contribution in [3.8, 4) is 0 Å². The SMILES string of the molecule is CCC1C(NC)CC1c1cc(Cl)sc1Cl. The highest BCUT2D eigenvalue weighted by Gasteiger charge is 2.40. The van der Waals surface area contributed by atoms with Gasteiger partial charge in [-0.15, -0.1) is 11.3 Å². The molecule has 0 aromatic carbocycles. The molecule has 1 aliphatic carbocycles. The van der Waals surface area contributed by atoms with Gasteiger partial charge in [-0.25, -0.2) is 0 Å². The Morgan fingerprint density at radius 1 is 1.53 bits per heavy atom. The van der Waals surface area contributed by atoms with Crippen molar-refractivity contribution >= 4 is 34.5 Å². The Kier molecular flexibility index (Phi) is 3.61. The minimum atomic E-state index is 0.601. The van der Waals surface area contributed by atoms with Crippen LogP contribution in [0.3, 0.4) is 0 Å². The van der Waals surface area contributed by atoms with Crippen molar-refractivity contribution in [3.05, 3.63) is 20.3 Å². The first-order valence-electron chi connectivity index (χ1n) is 5.29. The summed E-state index contributed by atoms with van der Waals surface area (Å²) in [6.45, 7) is 2.24. The molecule has 4 heteroatoms. The fourth-order valence-electron chi connectivity index (χ4n) is 2.57. The topological polar surface area (TPSA) is 12.0 Å². The van der Waals surface area contributed by atoms with Crippen LogP contribution in [0.15, 0.2) is 6.07 Å². The van der Waals surface area contributed by atoms with E-state index in [-0.39, 0.29) is 0 Å². The maximum atomic E-state index is 6.18. The third kappa shape index (κ3) is 2.05. The van der Waals surface area contributed by atoms with Gasteiger partial charge in [-0.05, 0) is 36.9 Å². The molecule has 1 aliphatic rings. The van der Waals surface area contributed by atoms with Crippen molar-refractivity contribution in [2.75, 3.05) is 7.05 Å². The highest BCUT2D eigenvalue weighted by atomic mass is 35.5. The van der Waals surface area contributed by atoms with Gasteiger partial charge in [0, 0.05) is 6.04 Å². The Morgan fingerprint density at radius 2 is 2.27 bits per heavy atom. The molecule has 3 atom stereocenters. The third-order valence-corrected chi connectivity index (χ3v) is 4.98. The lowest BCUT2D eigenvalue weighted by Gasteiger charge is -2.44. The summed E-state index contributed by atoms with van der Waals surface area (Å²) in [5.41, 5.74) is 1.25. The van der Waals surface area contributed by atoms with E-state index in [4.69, 9.17) is 23.2 Å². The van der Waals surface area contributed by atoms with Crippen molar-refractivity contribution in [2.45, 2.75) is 31.7 Å². The second kappa shape index (κ2) is 4.62. The molecule has 1 aromatic rings. The Balaban J connectivity index is 2.16. The first-order chi connectivity index (χ1) is 7.17. The Bertz CT molecular complexity index is 350. The van der Waals surface area contributed by atoms with Crippen LogP contribution >= 0.6 is 34.5 Å². The smallest absolute Gasteiger partial charge is 0.0979 e. The maximum Gasteiger partial charge on any atom is 0.0979 e. The molecule has 2 rings (SSSR count). The summed E-state index contributed by atoms with van der Waals surface area (Å²) in [4.78, 5) is 0. The summed E-state index contributed by atoms with van der Waals surface area (Å²) < 4.78 is 1.68. The molecule has 0 radical (unpaired) electrons. The van der Waals surface area contributed by atoms with Crippen LogP contribution in [0.1, 0.15) is 31.2 Å². The minimum absolute atomic E-state index is 0.601. The third-order valence-electron chi connectivity index (χ3n) is 3.47. The monoisotopic (exact) mass is 263 g/mol. The number of nitrogens with one attached hydrogen (secondary N) is 1. The second-order valence-corrected chi connectivity index (χ2v) is 6.37. The second-order valence-electron chi connectivity index (χ2n) is 4.09. The summed E-state index contributed by atoms with van der Waals surface area (Å²) in [5.74, 6) is 1.31. The molecule has 1 fully saturated rings. The van der Waals surface area contributed by atoms with Gasteiger partial charge >= 0.3 is 0 Å². The number of hydrogen-bond donors (Lipinski definition) is 1. The molecule has 1 heterocycles. The molecule has 0 saturated heterocycles. The molecule has 84 valence electrons. The molecule has 1 aromatic heterocycles. The van der Waals surface area contributed by atoms with Gasteiger partial charge < -0.3 is 5.32 Å². The van der Waals surface area contributed by atoms with Crippen LogP contribution in [0.5, 0.6) is 0 Å². The van der Waals surface area contributed by atoms with Gasteiger partial charge in [-0.2, -0.15) is 0 Å². The van der Waals surface area contributed by atoms with E-state index in [2.05, 4.69) is 12.2 Å². The zero-order valence-electron chi connectivity index (χ0n) is 8.89. The molecular formula is C11H15Cl2NS. The number of hydrogen-bond acceptors (Lipinski definition) is 2. The molecule has 0 spiro atoms. The van der Waals surface area contributed by atoms with Gasteiger partial charge in [-0.3, -0.25) is 0 Å². The fraction of sp³-hybridized carbons (Fsp3) is 0.636. The van der Waals surface area contributed by atoms with E-state index in [1.165, 1.54) is 29.7 Å². The summed E-state index contributed by atoms with van der Waals surface area (Å²) >= 11 is 13.6. The van der Waals surface area contributed by atoms with Gasteiger partial charge in [0.05, 0.1) is 8.67 Å². The lowest BCUT2D eigenvalue weighted by molar-refractivity contribution is 0.169. The van der Waals surface area contributed by atoms with Crippen LogP contribution in [0.2, 0.25) is 8.67 Å². The number of rotatable bonds is 3. The van der Waals surface area contributed by atoms with Gasteiger partial charge in [0.2, 0.25) is 0 Å². The van der Waals surface area contributed by atoms with Crippen molar-refractivity contribution in [3.63, 3.8) is 0 Å². The average molecular weight is 264 g/mol. The molecule has 1 nitrogen and oxygen atoms in total. The molecule has 15 heavy (non-hydrogen) atoms. The minimum Gasteiger partial charge on any atom is -0.317 e. The predicted octanol–water partition coefficient (Wildman–Crippen LogP) is 4.16. The summed E-state index contributed by atoms with van der Waals surface area (Å²) in [6, 6.07) is 2.68. The molecule has 3 unspecified atom stereocenters. The summed E-state index contributed by atoms with van der Waals surface area (Å²) in [6.07, 6.45) is 2.38. The fourth-order valence-corrected chi connectivity index (χ4v) is 4.17. The average Bonchev–Trinajstić information content (AvgIpc) is 2.45. The van der Waals surface area contributed by atoms with E-state index in [0.717, 1.165) is 8.67 Å². The molecule has 1 saturated carbocycles. The number of thiophene rings is 1. The van der Waals surface area contributed by atoms with Gasteiger partial charge in [0.1, 0.15) is 0 Å². The van der Waals surface area contributed by atoms with E-state index in [9.17, 15) is 0 Å². The molecule has 0 bridgehead atoms. The normalized spacial score (nSPS) is 30.3. The predicted molar refractivity (Wildman–Crippen MR) is 68.3 cm³/mol. The van der Waals surface area contributed by atoms with E-state index >= 15 is 0 Å². The quantitative estimate of drug-likeness (QED) is 0.864. The van der Waals surface area contributed by atoms with E-state index in [0.29, 0.717) is 17.9 Å². The van der Waals surface area contributed by atoms with Crippen LogP contribution in [0.4, 0.5) is 0 Å². The summed E-state index contributed by atoms with van der Waals surface area (Å²) in [7, 11) is 2.03. The Hall–Kier alpha value is 0.240. The standard InChI is InChI=1S/C11H15Cl2NS/c1-3-6-7(4-9(6)14-2)8-5-10(12)15-11(8)13/h5-7,9,14H,3-4H2,1-2H3. The Morgan fingerprint density at radius 3 is 2.73 bits per heavy atom. The van der Waals surface area contributed by atoms with Crippen LogP contribution in [-0.2, 0) is 0 Å². The first-order valence-corrected chi connectivity index (χ1v) is 6.86. The van der Waals surface area contributed by atoms with Crippen molar-refractivity contribution in [2.24, 2.45) is 5.92 Å². The molecular weight excluding hydrogens is 249 g/mol. The highest BCUT2D eigenvalue weighted by molar-refractivity contribution is 7.20. The molecule has 1 N–H and O–H groups in total. The van der Waals surface area contributed by atoms with E-state index in [1.807, 2.05) is 13.1 Å². The van der Waals surface area contributed by atoms with Crippen LogP contribution in [0, 0.1) is 5.92 Å². The summed E-state index contributed by atoms with van der Waals surface area (Å²) in [5, 5.41) is 3.36. The molecule has 0 aliphatic heterocycles. The highest BCUT2D eigenvalue weighted by Crippen LogP contribution is 2.49. The van der Waals surface area contributed by atoms with Gasteiger partial charge in [-0.1, -0.05) is 36.5 Å². The molecule has 0 amide bonds. The van der Waals surface area contributed by atoms with E-state index in [1.54, 1.807) is 0 Å². The lowest BCUT2D eigenvalue weighted by Crippen LogP contribution is -2.47.